The van der Waals surface area contributed by atoms with Crippen molar-refractivity contribution in [2.75, 3.05) is 11.6 Å². The highest BCUT2D eigenvalue weighted by molar-refractivity contribution is 6.28. The summed E-state index contributed by atoms with van der Waals surface area (Å²) in [5.74, 6) is -0.486. The van der Waals surface area contributed by atoms with Crippen molar-refractivity contribution in [3.63, 3.8) is 0 Å². The van der Waals surface area contributed by atoms with Crippen molar-refractivity contribution in [1.29, 1.82) is 0 Å². The number of carbonyl (C=O) groups excluding carboxylic acids is 1. The van der Waals surface area contributed by atoms with E-state index in [1.165, 1.54) is 30.9 Å². The maximum Gasteiger partial charge on any atom is 0.409 e. The number of esters is 1. The number of hydrogen-bond acceptors (Lipinski definition) is 7. The summed E-state index contributed by atoms with van der Waals surface area (Å²) >= 11 is 5.82. The van der Waals surface area contributed by atoms with Gasteiger partial charge in [-0.05, 0) is 30.7 Å². The standard InChI is InChI=1S/C16H13ClF3N5O2/c1-2-27-14(26)10-5-9(6-21-7-10)11-8-22-15(17)23-13(11)25-4-3-12(24-25)16(18,19)20/h3-8,12,24H,2H2,1H3. The average molecular weight is 400 g/mol. The summed E-state index contributed by atoms with van der Waals surface area (Å²) < 4.78 is 43.6. The Balaban J connectivity index is 1.98. The minimum absolute atomic E-state index is 0.0841. The summed E-state index contributed by atoms with van der Waals surface area (Å²) in [5, 5.41) is 0.951. The van der Waals surface area contributed by atoms with Gasteiger partial charge in [-0.25, -0.2) is 15.2 Å². The Bertz CT molecular complexity index is 891. The van der Waals surface area contributed by atoms with Gasteiger partial charge in [-0.1, -0.05) is 0 Å². The number of rotatable bonds is 4. The van der Waals surface area contributed by atoms with Gasteiger partial charge in [-0.3, -0.25) is 9.99 Å². The molecule has 0 saturated heterocycles. The zero-order valence-electron chi connectivity index (χ0n) is 13.9. The molecule has 27 heavy (non-hydrogen) atoms. The first-order valence-electron chi connectivity index (χ1n) is 7.75. The third kappa shape index (κ3) is 4.17. The molecule has 1 aliphatic rings. The van der Waals surface area contributed by atoms with Crippen LogP contribution in [0.2, 0.25) is 5.28 Å². The van der Waals surface area contributed by atoms with Crippen LogP contribution in [0.5, 0.6) is 0 Å². The monoisotopic (exact) mass is 399 g/mol. The third-order valence-electron chi connectivity index (χ3n) is 3.59. The molecule has 2 aromatic heterocycles. The van der Waals surface area contributed by atoms with Gasteiger partial charge >= 0.3 is 12.1 Å². The van der Waals surface area contributed by atoms with E-state index >= 15 is 0 Å². The number of pyridine rings is 1. The lowest BCUT2D eigenvalue weighted by molar-refractivity contribution is -0.142. The van der Waals surface area contributed by atoms with Gasteiger partial charge in [0.25, 0.3) is 0 Å². The van der Waals surface area contributed by atoms with E-state index < -0.39 is 18.2 Å². The summed E-state index contributed by atoms with van der Waals surface area (Å²) in [6.45, 7) is 1.86. The molecular weight excluding hydrogens is 387 g/mol. The first-order valence-corrected chi connectivity index (χ1v) is 8.13. The van der Waals surface area contributed by atoms with E-state index in [0.717, 1.165) is 11.1 Å². The largest absolute Gasteiger partial charge is 0.462 e. The van der Waals surface area contributed by atoms with Crippen molar-refractivity contribution in [2.24, 2.45) is 0 Å². The predicted octanol–water partition coefficient (Wildman–Crippen LogP) is 3.14. The fourth-order valence-electron chi connectivity index (χ4n) is 2.37. The van der Waals surface area contributed by atoms with Gasteiger partial charge in [0.2, 0.25) is 5.28 Å². The van der Waals surface area contributed by atoms with Crippen LogP contribution in [-0.4, -0.2) is 39.7 Å². The van der Waals surface area contributed by atoms with Crippen LogP contribution >= 0.6 is 11.6 Å². The molecule has 0 saturated carbocycles. The van der Waals surface area contributed by atoms with Crippen LogP contribution in [0.3, 0.4) is 0 Å². The Morgan fingerprint density at radius 2 is 2.15 bits per heavy atom. The summed E-state index contributed by atoms with van der Waals surface area (Å²) in [6.07, 6.45) is 1.78. The SMILES string of the molecule is CCOC(=O)c1cncc(-c2cnc(Cl)nc2N2C=CC(C(F)(F)F)N2)c1. The van der Waals surface area contributed by atoms with Crippen molar-refractivity contribution < 1.29 is 22.7 Å². The Labute approximate surface area is 156 Å². The number of hydrogen-bond donors (Lipinski definition) is 1. The highest BCUT2D eigenvalue weighted by Gasteiger charge is 2.41. The lowest BCUT2D eigenvalue weighted by Gasteiger charge is -2.22. The quantitative estimate of drug-likeness (QED) is 0.625. The molecule has 0 amide bonds. The molecule has 3 heterocycles. The molecule has 1 N–H and O–H groups in total. The smallest absolute Gasteiger partial charge is 0.409 e. The fourth-order valence-corrected chi connectivity index (χ4v) is 2.50. The van der Waals surface area contributed by atoms with E-state index in [1.807, 2.05) is 0 Å². The van der Waals surface area contributed by atoms with Gasteiger partial charge in [0.05, 0.1) is 12.2 Å². The summed E-state index contributed by atoms with van der Waals surface area (Å²) in [5.41, 5.74) is 3.21. The molecule has 0 bridgehead atoms. The van der Waals surface area contributed by atoms with E-state index in [1.54, 1.807) is 6.92 Å². The van der Waals surface area contributed by atoms with Gasteiger partial charge in [-0.2, -0.15) is 18.2 Å². The molecule has 142 valence electrons. The maximum absolute atomic E-state index is 12.9. The second kappa shape index (κ2) is 7.49. The van der Waals surface area contributed by atoms with Crippen LogP contribution < -0.4 is 10.4 Å². The molecule has 0 aliphatic carbocycles. The first-order chi connectivity index (χ1) is 12.8. The van der Waals surface area contributed by atoms with E-state index in [-0.39, 0.29) is 23.3 Å². The number of ether oxygens (including phenoxy) is 1. The van der Waals surface area contributed by atoms with Gasteiger partial charge < -0.3 is 4.74 Å². The van der Waals surface area contributed by atoms with E-state index in [0.29, 0.717) is 11.1 Å². The van der Waals surface area contributed by atoms with Crippen LogP contribution in [0, 0.1) is 0 Å². The zero-order chi connectivity index (χ0) is 19.6. The highest BCUT2D eigenvalue weighted by atomic mass is 35.5. The van der Waals surface area contributed by atoms with Crippen LogP contribution in [0.4, 0.5) is 19.0 Å². The van der Waals surface area contributed by atoms with Crippen LogP contribution in [0.1, 0.15) is 17.3 Å². The number of nitrogens with one attached hydrogen (secondary N) is 1. The average Bonchev–Trinajstić information content (AvgIpc) is 3.12. The fraction of sp³-hybridized carbons (Fsp3) is 0.250. The molecule has 11 heteroatoms. The summed E-state index contributed by atoms with van der Waals surface area (Å²) in [4.78, 5) is 23.8. The zero-order valence-corrected chi connectivity index (χ0v) is 14.6. The molecule has 1 unspecified atom stereocenters. The number of hydrazine groups is 1. The summed E-state index contributed by atoms with van der Waals surface area (Å²) in [7, 11) is 0. The van der Waals surface area contributed by atoms with Crippen molar-refractivity contribution in [3.05, 3.63) is 47.8 Å². The van der Waals surface area contributed by atoms with Gasteiger partial charge in [0.15, 0.2) is 5.82 Å². The van der Waals surface area contributed by atoms with Crippen LogP contribution in [0.25, 0.3) is 11.1 Å². The normalized spacial score (nSPS) is 16.6. The highest BCUT2D eigenvalue weighted by Crippen LogP contribution is 2.32. The molecule has 3 rings (SSSR count). The van der Waals surface area contributed by atoms with Gasteiger partial charge in [0, 0.05) is 35.9 Å². The second-order valence-corrected chi connectivity index (χ2v) is 5.76. The van der Waals surface area contributed by atoms with Crippen LogP contribution in [-0.2, 0) is 4.74 Å². The van der Waals surface area contributed by atoms with Crippen molar-refractivity contribution >= 4 is 23.4 Å². The number of nitrogens with zero attached hydrogens (tertiary/aromatic N) is 4. The van der Waals surface area contributed by atoms with Gasteiger partial charge in [0.1, 0.15) is 6.04 Å². The topological polar surface area (TPSA) is 80.2 Å². The van der Waals surface area contributed by atoms with Crippen molar-refractivity contribution in [3.8, 4) is 11.1 Å². The van der Waals surface area contributed by atoms with Gasteiger partial charge in [-0.15, -0.1) is 0 Å². The lowest BCUT2D eigenvalue weighted by Crippen LogP contribution is -2.44. The first kappa shape index (κ1) is 19.1. The Morgan fingerprint density at radius 3 is 2.81 bits per heavy atom. The molecule has 0 aromatic carbocycles. The van der Waals surface area contributed by atoms with E-state index in [4.69, 9.17) is 16.3 Å². The Morgan fingerprint density at radius 1 is 1.37 bits per heavy atom. The minimum Gasteiger partial charge on any atom is -0.462 e. The Kier molecular flexibility index (Phi) is 5.29. The molecule has 0 fully saturated rings. The second-order valence-electron chi connectivity index (χ2n) is 5.42. The molecule has 1 atom stereocenters. The Hall–Kier alpha value is -2.72. The molecule has 2 aromatic rings. The molecule has 0 radical (unpaired) electrons. The molecular formula is C16H13ClF3N5O2. The number of anilines is 1. The van der Waals surface area contributed by atoms with Crippen molar-refractivity contribution in [2.45, 2.75) is 19.1 Å². The lowest BCUT2D eigenvalue weighted by atomic mass is 10.1. The van der Waals surface area contributed by atoms with Crippen LogP contribution in [0.15, 0.2) is 36.9 Å². The maximum atomic E-state index is 12.9. The van der Waals surface area contributed by atoms with Crippen molar-refractivity contribution in [1.82, 2.24) is 20.4 Å². The molecule has 7 nitrogen and oxygen atoms in total. The number of aromatic nitrogens is 3. The van der Waals surface area contributed by atoms with E-state index in [2.05, 4.69) is 20.4 Å². The number of alkyl halides is 3. The molecule has 0 spiro atoms. The third-order valence-corrected chi connectivity index (χ3v) is 3.77. The minimum atomic E-state index is -4.46. The number of halogens is 4. The number of carbonyl (C=O) groups is 1. The molecule has 1 aliphatic heterocycles. The predicted molar refractivity (Wildman–Crippen MR) is 90.8 cm³/mol. The summed E-state index contributed by atoms with van der Waals surface area (Å²) in [6, 6.07) is -0.370. The van der Waals surface area contributed by atoms with E-state index in [9.17, 15) is 18.0 Å².